The summed E-state index contributed by atoms with van der Waals surface area (Å²) in [7, 11) is -2.60. The molecule has 1 heterocycles. The molecule has 0 saturated carbocycles. The predicted octanol–water partition coefficient (Wildman–Crippen LogP) is 0.568. The van der Waals surface area contributed by atoms with Gasteiger partial charge in [0.05, 0.1) is 0 Å². The molecule has 0 unspecified atom stereocenters. The number of halogens is 2. The highest BCUT2D eigenvalue weighted by Crippen LogP contribution is 2.08. The van der Waals surface area contributed by atoms with E-state index in [1.807, 2.05) is 5.43 Å². The highest BCUT2D eigenvalue weighted by atomic mass is 35.5. The molecule has 1 rings (SSSR count). The van der Waals surface area contributed by atoms with Crippen molar-refractivity contribution < 1.29 is 8.42 Å². The van der Waals surface area contributed by atoms with Crippen molar-refractivity contribution in [1.82, 2.24) is 15.0 Å². The highest BCUT2D eigenvalue weighted by Gasteiger charge is 2.00. The molecular weight excluding hydrogens is 241 g/mol. The molecule has 7 nitrogen and oxygen atoms in total. The number of rotatable bonds is 2. The zero-order valence-corrected chi connectivity index (χ0v) is 8.10. The molecule has 1 aromatic rings. The van der Waals surface area contributed by atoms with Crippen LogP contribution in [-0.4, -0.2) is 23.4 Å². The minimum atomic E-state index is -2.60. The number of anilines is 1. The van der Waals surface area contributed by atoms with E-state index < -0.39 is 10.5 Å². The summed E-state index contributed by atoms with van der Waals surface area (Å²) in [5, 5.41) is -0.316. The quantitative estimate of drug-likeness (QED) is 0.761. The van der Waals surface area contributed by atoms with E-state index in [-0.39, 0.29) is 16.5 Å². The van der Waals surface area contributed by atoms with Gasteiger partial charge in [-0.2, -0.15) is 23.4 Å². The van der Waals surface area contributed by atoms with E-state index in [0.29, 0.717) is 0 Å². The van der Waals surface area contributed by atoms with Crippen LogP contribution in [0.2, 0.25) is 10.6 Å². The van der Waals surface area contributed by atoms with Crippen LogP contribution >= 0.6 is 23.2 Å². The maximum Gasteiger partial charge on any atom is 0.332 e. The molecule has 0 atom stereocenters. The Morgan fingerprint density at radius 3 is 2.15 bits per heavy atom. The molecule has 0 aliphatic rings. The molecule has 0 amide bonds. The maximum atomic E-state index is 9.98. The molecule has 0 aromatic carbocycles. The Labute approximate surface area is 83.8 Å². The van der Waals surface area contributed by atoms with Gasteiger partial charge in [0.15, 0.2) is 0 Å². The van der Waals surface area contributed by atoms with Crippen LogP contribution < -0.4 is 5.43 Å². The van der Waals surface area contributed by atoms with Gasteiger partial charge in [-0.3, -0.25) is 0 Å². The monoisotopic (exact) mass is 241 g/mol. The van der Waals surface area contributed by atoms with Gasteiger partial charge in [-0.15, -0.1) is 0 Å². The summed E-state index contributed by atoms with van der Waals surface area (Å²) in [6.45, 7) is 0. The van der Waals surface area contributed by atoms with Crippen molar-refractivity contribution in [3.05, 3.63) is 10.6 Å². The van der Waals surface area contributed by atoms with Crippen molar-refractivity contribution in [1.29, 1.82) is 0 Å². The number of nitrogens with one attached hydrogen (secondary N) is 1. The second kappa shape index (κ2) is 4.30. The van der Waals surface area contributed by atoms with E-state index in [1.165, 1.54) is 0 Å². The third kappa shape index (κ3) is 3.49. The Bertz CT molecular complexity index is 417. The molecule has 13 heavy (non-hydrogen) atoms. The van der Waals surface area contributed by atoms with Crippen molar-refractivity contribution in [2.24, 2.45) is 4.47 Å². The Balaban J connectivity index is 2.96. The van der Waals surface area contributed by atoms with Crippen molar-refractivity contribution in [2.45, 2.75) is 0 Å². The summed E-state index contributed by atoms with van der Waals surface area (Å²) in [5.74, 6) is -0.144. The predicted molar refractivity (Wildman–Crippen MR) is 44.8 cm³/mol. The molecular formula is C3HCl2N5O2S. The fourth-order valence-corrected chi connectivity index (χ4v) is 0.974. The molecule has 70 valence electrons. The SMILES string of the molecule is O=S(=O)=NNc1nc(Cl)nc(Cl)n1. The van der Waals surface area contributed by atoms with Crippen LogP contribution in [0.1, 0.15) is 0 Å². The number of nitrogens with zero attached hydrogens (tertiary/aromatic N) is 4. The van der Waals surface area contributed by atoms with Crippen LogP contribution in [0, 0.1) is 0 Å². The van der Waals surface area contributed by atoms with Gasteiger partial charge >= 0.3 is 10.5 Å². The largest absolute Gasteiger partial charge is 0.332 e. The summed E-state index contributed by atoms with van der Waals surface area (Å²) in [5.41, 5.74) is 2.01. The first-order valence-electron chi connectivity index (χ1n) is 2.71. The molecule has 1 N–H and O–H groups in total. The minimum absolute atomic E-state index is 0.144. The summed E-state index contributed by atoms with van der Waals surface area (Å²) >= 11 is 10.8. The van der Waals surface area contributed by atoms with Crippen molar-refractivity contribution in [3.63, 3.8) is 0 Å². The number of hydrogen-bond donors (Lipinski definition) is 1. The van der Waals surface area contributed by atoms with Crippen molar-refractivity contribution in [2.75, 3.05) is 5.43 Å². The van der Waals surface area contributed by atoms with Crippen LogP contribution in [-0.2, 0) is 10.5 Å². The second-order valence-electron chi connectivity index (χ2n) is 1.62. The first-order chi connectivity index (χ1) is 6.08. The lowest BCUT2D eigenvalue weighted by molar-refractivity contribution is 0.621. The van der Waals surface area contributed by atoms with E-state index in [9.17, 15) is 8.42 Å². The van der Waals surface area contributed by atoms with Crippen molar-refractivity contribution in [3.8, 4) is 0 Å². The van der Waals surface area contributed by atoms with E-state index in [1.54, 1.807) is 0 Å². The van der Waals surface area contributed by atoms with Crippen LogP contribution in [0.25, 0.3) is 0 Å². The molecule has 0 radical (unpaired) electrons. The summed E-state index contributed by atoms with van der Waals surface area (Å²) < 4.78 is 22.8. The van der Waals surface area contributed by atoms with Crippen LogP contribution in [0.15, 0.2) is 4.47 Å². The fourth-order valence-electron chi connectivity index (χ4n) is 0.454. The first-order valence-corrected chi connectivity index (χ1v) is 4.50. The topological polar surface area (TPSA) is 97.2 Å². The van der Waals surface area contributed by atoms with Crippen LogP contribution in [0.5, 0.6) is 0 Å². The van der Waals surface area contributed by atoms with Crippen molar-refractivity contribution >= 4 is 39.7 Å². The molecule has 0 saturated heterocycles. The Morgan fingerprint density at radius 2 is 1.69 bits per heavy atom. The van der Waals surface area contributed by atoms with Crippen LogP contribution in [0.4, 0.5) is 5.95 Å². The van der Waals surface area contributed by atoms with E-state index in [2.05, 4.69) is 19.4 Å². The Morgan fingerprint density at radius 1 is 1.15 bits per heavy atom. The highest BCUT2D eigenvalue weighted by molar-refractivity contribution is 7.61. The molecule has 0 spiro atoms. The zero-order valence-electron chi connectivity index (χ0n) is 5.77. The molecule has 10 heteroatoms. The van der Waals surface area contributed by atoms with Crippen LogP contribution in [0.3, 0.4) is 0 Å². The molecule has 0 bridgehead atoms. The standard InChI is InChI=1S/C3HCl2N5O2S/c4-1-6-2(5)8-3(7-1)9-10-13(11)12/h(H,6,7,8,9). The molecule has 1 aromatic heterocycles. The summed E-state index contributed by atoms with van der Waals surface area (Å²) in [6, 6.07) is 0. The fraction of sp³-hybridized carbons (Fsp3) is 0. The number of hydrogen-bond acceptors (Lipinski definition) is 6. The third-order valence-electron chi connectivity index (χ3n) is 0.801. The lowest BCUT2D eigenvalue weighted by atomic mass is 11.0. The first kappa shape index (κ1) is 10.1. The minimum Gasteiger partial charge on any atom is -0.230 e. The average molecular weight is 242 g/mol. The van der Waals surface area contributed by atoms with Gasteiger partial charge in [0, 0.05) is 0 Å². The average Bonchev–Trinajstić information content (AvgIpc) is 1.99. The molecule has 0 aliphatic carbocycles. The molecule has 0 aliphatic heterocycles. The smallest absolute Gasteiger partial charge is 0.230 e. The van der Waals surface area contributed by atoms with Gasteiger partial charge in [-0.1, -0.05) is 4.47 Å². The zero-order chi connectivity index (χ0) is 9.84. The third-order valence-corrected chi connectivity index (χ3v) is 1.38. The van der Waals surface area contributed by atoms with Gasteiger partial charge < -0.3 is 0 Å². The van der Waals surface area contributed by atoms with E-state index >= 15 is 0 Å². The lowest BCUT2D eigenvalue weighted by Crippen LogP contribution is -1.97. The normalized spacial score (nSPS) is 9.38. The van der Waals surface area contributed by atoms with Gasteiger partial charge in [-0.25, -0.2) is 5.43 Å². The van der Waals surface area contributed by atoms with Gasteiger partial charge in [-0.05, 0) is 23.2 Å². The summed E-state index contributed by atoms with van der Waals surface area (Å²) in [4.78, 5) is 10.4. The lowest BCUT2D eigenvalue weighted by Gasteiger charge is -1.95. The Hall–Kier alpha value is -0.990. The van der Waals surface area contributed by atoms with Gasteiger partial charge in [0.2, 0.25) is 16.5 Å². The molecule has 0 fully saturated rings. The van der Waals surface area contributed by atoms with Gasteiger partial charge in [0.1, 0.15) is 0 Å². The second-order valence-corrected chi connectivity index (χ2v) is 2.91. The Kier molecular flexibility index (Phi) is 3.34. The summed E-state index contributed by atoms with van der Waals surface area (Å²) in [6.07, 6.45) is 0. The van der Waals surface area contributed by atoms with E-state index in [4.69, 9.17) is 23.2 Å². The van der Waals surface area contributed by atoms with E-state index in [0.717, 1.165) is 0 Å². The maximum absolute atomic E-state index is 9.98. The van der Waals surface area contributed by atoms with Gasteiger partial charge in [0.25, 0.3) is 0 Å². The number of aromatic nitrogens is 3.